The van der Waals surface area contributed by atoms with Crippen LogP contribution in [0.3, 0.4) is 0 Å². The van der Waals surface area contributed by atoms with Crippen LogP contribution in [0, 0.1) is 0 Å². The molecule has 0 fully saturated rings. The van der Waals surface area contributed by atoms with E-state index < -0.39 is 28.0 Å². The highest BCUT2D eigenvalue weighted by Crippen LogP contribution is 2.16. The van der Waals surface area contributed by atoms with Crippen LogP contribution in [0.5, 0.6) is 5.75 Å². The van der Waals surface area contributed by atoms with Gasteiger partial charge in [-0.1, -0.05) is 19.1 Å². The Morgan fingerprint density at radius 2 is 1.65 bits per heavy atom. The molecule has 0 aliphatic carbocycles. The number of anilines is 1. The van der Waals surface area contributed by atoms with Crippen molar-refractivity contribution in [3.05, 3.63) is 54.1 Å². The van der Waals surface area contributed by atoms with Gasteiger partial charge in [0, 0.05) is 12.2 Å². The van der Waals surface area contributed by atoms with E-state index in [9.17, 15) is 18.0 Å². The SMILES string of the molecule is CCOc1ccc(S(=O)(=O)NCCC(=O)OC(C)C(=O)Nc2ccc(CC)cc2)cc1. The third kappa shape index (κ3) is 7.69. The summed E-state index contributed by atoms with van der Waals surface area (Å²) < 4.78 is 37.3. The first-order chi connectivity index (χ1) is 14.7. The molecule has 0 aliphatic rings. The van der Waals surface area contributed by atoms with Gasteiger partial charge >= 0.3 is 5.97 Å². The highest BCUT2D eigenvalue weighted by Gasteiger charge is 2.19. The van der Waals surface area contributed by atoms with Gasteiger partial charge in [0.1, 0.15) is 5.75 Å². The van der Waals surface area contributed by atoms with E-state index in [1.165, 1.54) is 19.1 Å². The van der Waals surface area contributed by atoms with Crippen molar-refractivity contribution in [2.45, 2.75) is 44.6 Å². The Morgan fingerprint density at radius 3 is 2.23 bits per heavy atom. The first-order valence-electron chi connectivity index (χ1n) is 10.1. The van der Waals surface area contributed by atoms with Crippen LogP contribution in [0.4, 0.5) is 5.69 Å². The molecule has 2 aromatic carbocycles. The molecule has 1 amide bonds. The minimum absolute atomic E-state index is 0.0613. The standard InChI is InChI=1S/C22H28N2O6S/c1-4-17-6-8-18(9-7-17)24-22(26)16(3)30-21(25)14-15-23-31(27,28)20-12-10-19(11-13-20)29-5-2/h6-13,16,23H,4-5,14-15H2,1-3H3,(H,24,26). The number of esters is 1. The summed E-state index contributed by atoms with van der Waals surface area (Å²) in [6.45, 7) is 5.65. The van der Waals surface area contributed by atoms with Gasteiger partial charge in [-0.05, 0) is 62.2 Å². The van der Waals surface area contributed by atoms with Crippen LogP contribution < -0.4 is 14.8 Å². The van der Waals surface area contributed by atoms with Crippen LogP contribution in [0.2, 0.25) is 0 Å². The number of nitrogens with one attached hydrogen (secondary N) is 2. The molecule has 1 unspecified atom stereocenters. The third-order valence-corrected chi connectivity index (χ3v) is 5.85. The molecule has 168 valence electrons. The molecule has 2 aromatic rings. The topological polar surface area (TPSA) is 111 Å². The monoisotopic (exact) mass is 448 g/mol. The van der Waals surface area contributed by atoms with E-state index in [4.69, 9.17) is 9.47 Å². The van der Waals surface area contributed by atoms with Gasteiger partial charge in [0.15, 0.2) is 6.10 Å². The van der Waals surface area contributed by atoms with Crippen molar-refractivity contribution < 1.29 is 27.5 Å². The van der Waals surface area contributed by atoms with Crippen molar-refractivity contribution in [3.8, 4) is 5.75 Å². The average Bonchev–Trinajstić information content (AvgIpc) is 2.74. The summed E-state index contributed by atoms with van der Waals surface area (Å²) in [6.07, 6.45) is -0.329. The van der Waals surface area contributed by atoms with E-state index in [0.717, 1.165) is 12.0 Å². The quantitative estimate of drug-likeness (QED) is 0.512. The first kappa shape index (κ1) is 24.4. The zero-order chi connectivity index (χ0) is 22.9. The van der Waals surface area contributed by atoms with Crippen LogP contribution >= 0.6 is 0 Å². The molecular formula is C22H28N2O6S. The molecule has 0 aliphatic heterocycles. The number of carbonyl (C=O) groups is 2. The lowest BCUT2D eigenvalue weighted by Gasteiger charge is -2.14. The summed E-state index contributed by atoms with van der Waals surface area (Å²) >= 11 is 0. The number of ether oxygens (including phenoxy) is 2. The third-order valence-electron chi connectivity index (χ3n) is 4.37. The Balaban J connectivity index is 1.78. The zero-order valence-electron chi connectivity index (χ0n) is 17.9. The lowest BCUT2D eigenvalue weighted by molar-refractivity contribution is -0.152. The normalized spacial score (nSPS) is 12.1. The van der Waals surface area contributed by atoms with E-state index in [1.807, 2.05) is 26.0 Å². The smallest absolute Gasteiger partial charge is 0.307 e. The summed E-state index contributed by atoms with van der Waals surface area (Å²) in [6, 6.07) is 13.3. The number of carbonyl (C=O) groups excluding carboxylic acids is 2. The Kier molecular flexibility index (Phi) is 9.02. The van der Waals surface area contributed by atoms with Crippen LogP contribution in [-0.4, -0.2) is 39.5 Å². The second-order valence-electron chi connectivity index (χ2n) is 6.72. The molecule has 0 heterocycles. The molecule has 2 rings (SSSR count). The molecule has 31 heavy (non-hydrogen) atoms. The van der Waals surface area contributed by atoms with Gasteiger partial charge < -0.3 is 14.8 Å². The summed E-state index contributed by atoms with van der Waals surface area (Å²) in [5.41, 5.74) is 1.75. The minimum atomic E-state index is -3.77. The Morgan fingerprint density at radius 1 is 1.00 bits per heavy atom. The maximum atomic E-state index is 12.3. The number of benzene rings is 2. The largest absolute Gasteiger partial charge is 0.494 e. The van der Waals surface area contributed by atoms with Gasteiger partial charge in [-0.15, -0.1) is 0 Å². The van der Waals surface area contributed by atoms with E-state index >= 15 is 0 Å². The second-order valence-corrected chi connectivity index (χ2v) is 8.49. The number of hydrogen-bond donors (Lipinski definition) is 2. The van der Waals surface area contributed by atoms with E-state index in [-0.39, 0.29) is 17.9 Å². The lowest BCUT2D eigenvalue weighted by atomic mass is 10.1. The highest BCUT2D eigenvalue weighted by molar-refractivity contribution is 7.89. The fourth-order valence-corrected chi connectivity index (χ4v) is 3.66. The van der Waals surface area contributed by atoms with Gasteiger partial charge in [0.2, 0.25) is 10.0 Å². The molecule has 0 saturated carbocycles. The van der Waals surface area contributed by atoms with Crippen molar-refractivity contribution >= 4 is 27.6 Å². The Hall–Kier alpha value is -2.91. The molecule has 1 atom stereocenters. The molecule has 2 N–H and O–H groups in total. The van der Waals surface area contributed by atoms with Crippen molar-refractivity contribution in [3.63, 3.8) is 0 Å². The van der Waals surface area contributed by atoms with Crippen molar-refractivity contribution in [2.24, 2.45) is 0 Å². The molecule has 9 heteroatoms. The number of aryl methyl sites for hydroxylation is 1. The van der Waals surface area contributed by atoms with Gasteiger partial charge in [-0.2, -0.15) is 0 Å². The summed E-state index contributed by atoms with van der Waals surface area (Å²) in [5.74, 6) is -0.579. The van der Waals surface area contributed by atoms with Gasteiger partial charge in [0.25, 0.3) is 5.91 Å². The predicted molar refractivity (Wildman–Crippen MR) is 117 cm³/mol. The first-order valence-corrected chi connectivity index (χ1v) is 11.5. The molecule has 8 nitrogen and oxygen atoms in total. The summed E-state index contributed by atoms with van der Waals surface area (Å²) in [7, 11) is -3.77. The molecule has 0 radical (unpaired) electrons. The summed E-state index contributed by atoms with van der Waals surface area (Å²) in [4.78, 5) is 24.2. The molecule has 0 spiro atoms. The molecular weight excluding hydrogens is 420 g/mol. The molecule has 0 saturated heterocycles. The fraction of sp³-hybridized carbons (Fsp3) is 0.364. The van der Waals surface area contributed by atoms with Gasteiger partial charge in [0.05, 0.1) is 17.9 Å². The average molecular weight is 449 g/mol. The van der Waals surface area contributed by atoms with E-state index in [2.05, 4.69) is 10.0 Å². The Labute approximate surface area is 183 Å². The van der Waals surface area contributed by atoms with Crippen LogP contribution in [-0.2, 0) is 30.8 Å². The predicted octanol–water partition coefficient (Wildman–Crippen LogP) is 2.89. The number of sulfonamides is 1. The van der Waals surface area contributed by atoms with Crippen molar-refractivity contribution in [2.75, 3.05) is 18.5 Å². The van der Waals surface area contributed by atoms with E-state index in [1.54, 1.807) is 24.3 Å². The zero-order valence-corrected chi connectivity index (χ0v) is 18.7. The van der Waals surface area contributed by atoms with Crippen molar-refractivity contribution in [1.29, 1.82) is 0 Å². The molecule has 0 bridgehead atoms. The van der Waals surface area contributed by atoms with Crippen LogP contribution in [0.25, 0.3) is 0 Å². The lowest BCUT2D eigenvalue weighted by Crippen LogP contribution is -2.32. The Bertz CT molecular complexity index is 972. The van der Waals surface area contributed by atoms with E-state index in [0.29, 0.717) is 18.0 Å². The maximum absolute atomic E-state index is 12.3. The molecule has 0 aromatic heterocycles. The minimum Gasteiger partial charge on any atom is -0.494 e. The second kappa shape index (κ2) is 11.5. The maximum Gasteiger partial charge on any atom is 0.307 e. The van der Waals surface area contributed by atoms with Gasteiger partial charge in [-0.25, -0.2) is 13.1 Å². The van der Waals surface area contributed by atoms with Gasteiger partial charge in [-0.3, -0.25) is 9.59 Å². The number of hydrogen-bond acceptors (Lipinski definition) is 6. The number of rotatable bonds is 11. The summed E-state index contributed by atoms with van der Waals surface area (Å²) in [5, 5.41) is 2.68. The van der Waals surface area contributed by atoms with Crippen LogP contribution in [0.15, 0.2) is 53.4 Å². The highest BCUT2D eigenvalue weighted by atomic mass is 32.2. The fourth-order valence-electron chi connectivity index (χ4n) is 2.63. The van der Waals surface area contributed by atoms with Crippen LogP contribution in [0.1, 0.15) is 32.8 Å². The number of amides is 1. The van der Waals surface area contributed by atoms with Crippen molar-refractivity contribution in [1.82, 2.24) is 4.72 Å².